The van der Waals surface area contributed by atoms with E-state index in [0.29, 0.717) is 6.54 Å². The van der Waals surface area contributed by atoms with Crippen molar-refractivity contribution in [3.05, 3.63) is 89.9 Å². The van der Waals surface area contributed by atoms with E-state index in [9.17, 15) is 4.79 Å². The monoisotopic (exact) mass is 401 g/mol. The highest BCUT2D eigenvalue weighted by molar-refractivity contribution is 5.82. The highest BCUT2D eigenvalue weighted by Gasteiger charge is 2.41. The first-order valence-electron chi connectivity index (χ1n) is 10.7. The fraction of sp³-hybridized carbons (Fsp3) is 0.320. The van der Waals surface area contributed by atoms with Gasteiger partial charge in [-0.2, -0.15) is 0 Å². The van der Waals surface area contributed by atoms with E-state index < -0.39 is 0 Å². The van der Waals surface area contributed by atoms with Gasteiger partial charge in [-0.1, -0.05) is 48.5 Å². The largest absolute Gasteiger partial charge is 0.467 e. The van der Waals surface area contributed by atoms with Crippen molar-refractivity contribution < 1.29 is 9.21 Å². The zero-order chi connectivity index (χ0) is 20.3. The highest BCUT2D eigenvalue weighted by Crippen LogP contribution is 2.36. The summed E-state index contributed by atoms with van der Waals surface area (Å²) in [6, 6.07) is 23.0. The minimum Gasteiger partial charge on any atom is -0.467 e. The molecule has 2 atom stereocenters. The van der Waals surface area contributed by atoms with Crippen molar-refractivity contribution in [2.75, 3.05) is 24.5 Å². The molecular weight excluding hydrogens is 374 g/mol. The van der Waals surface area contributed by atoms with Crippen LogP contribution in [0.5, 0.6) is 0 Å². The van der Waals surface area contributed by atoms with Gasteiger partial charge in [0, 0.05) is 31.9 Å². The van der Waals surface area contributed by atoms with Crippen LogP contribution < -0.4 is 10.2 Å². The maximum atomic E-state index is 13.2. The van der Waals surface area contributed by atoms with Gasteiger partial charge < -0.3 is 14.6 Å². The SMILES string of the molecule is O=C(NCc1ccco1)[C@H]1Cc2ccccc2N2CCN(Cc3ccccc3)C[C@@H]12. The van der Waals surface area contributed by atoms with E-state index in [1.54, 1.807) is 6.26 Å². The Kier molecular flexibility index (Phi) is 5.28. The lowest BCUT2D eigenvalue weighted by molar-refractivity contribution is -0.126. The number of carbonyl (C=O) groups is 1. The summed E-state index contributed by atoms with van der Waals surface area (Å²) >= 11 is 0. The number of rotatable bonds is 5. The number of nitrogens with zero attached hydrogens (tertiary/aromatic N) is 2. The van der Waals surface area contributed by atoms with Crippen LogP contribution in [0.25, 0.3) is 0 Å². The molecular formula is C25H27N3O2. The Morgan fingerprint density at radius 3 is 2.67 bits per heavy atom. The molecule has 3 heterocycles. The van der Waals surface area contributed by atoms with Crippen LogP contribution in [0.2, 0.25) is 0 Å². The number of carbonyl (C=O) groups excluding carboxylic acids is 1. The number of fused-ring (bicyclic) bond motifs is 3. The van der Waals surface area contributed by atoms with Crippen LogP contribution in [0.15, 0.2) is 77.4 Å². The fourth-order valence-electron chi connectivity index (χ4n) is 4.82. The van der Waals surface area contributed by atoms with Crippen molar-refractivity contribution in [2.45, 2.75) is 25.6 Å². The minimum absolute atomic E-state index is 0.0755. The van der Waals surface area contributed by atoms with Crippen molar-refractivity contribution >= 4 is 11.6 Å². The number of amides is 1. The first-order valence-corrected chi connectivity index (χ1v) is 10.7. The molecule has 154 valence electrons. The Labute approximate surface area is 177 Å². The van der Waals surface area contributed by atoms with Gasteiger partial charge in [-0.25, -0.2) is 0 Å². The zero-order valence-corrected chi connectivity index (χ0v) is 17.0. The van der Waals surface area contributed by atoms with Crippen molar-refractivity contribution in [3.8, 4) is 0 Å². The number of benzene rings is 2. The summed E-state index contributed by atoms with van der Waals surface area (Å²) in [7, 11) is 0. The predicted octanol–water partition coefficient (Wildman–Crippen LogP) is 3.46. The van der Waals surface area contributed by atoms with Gasteiger partial charge in [-0.3, -0.25) is 9.69 Å². The van der Waals surface area contributed by atoms with Crippen LogP contribution in [0.4, 0.5) is 5.69 Å². The van der Waals surface area contributed by atoms with Crippen LogP contribution in [-0.2, 0) is 24.3 Å². The zero-order valence-electron chi connectivity index (χ0n) is 17.0. The van der Waals surface area contributed by atoms with E-state index in [1.165, 1.54) is 16.8 Å². The molecule has 2 aliphatic heterocycles. The van der Waals surface area contributed by atoms with E-state index in [1.807, 2.05) is 12.1 Å². The molecule has 1 aromatic heterocycles. The molecule has 2 aromatic carbocycles. The highest BCUT2D eigenvalue weighted by atomic mass is 16.3. The molecule has 5 heteroatoms. The first-order chi connectivity index (χ1) is 14.8. The standard InChI is InChI=1S/C25H27N3O2/c29-25(26-16-21-10-6-14-30-21)22-15-20-9-4-5-11-23(20)28-13-12-27(18-24(22)28)17-19-7-2-1-3-8-19/h1-11,14,22,24H,12-13,15-18H2,(H,26,29)/t22-,24-/m0/s1. The third kappa shape index (κ3) is 3.85. The average Bonchev–Trinajstić information content (AvgIpc) is 3.31. The number of para-hydroxylation sites is 1. The Morgan fingerprint density at radius 2 is 1.83 bits per heavy atom. The second-order valence-corrected chi connectivity index (χ2v) is 8.22. The van der Waals surface area contributed by atoms with Gasteiger partial charge >= 0.3 is 0 Å². The molecule has 30 heavy (non-hydrogen) atoms. The van der Waals surface area contributed by atoms with E-state index in [0.717, 1.165) is 38.4 Å². The van der Waals surface area contributed by atoms with Crippen molar-refractivity contribution in [2.24, 2.45) is 5.92 Å². The second kappa shape index (κ2) is 8.36. The maximum absolute atomic E-state index is 13.2. The predicted molar refractivity (Wildman–Crippen MR) is 117 cm³/mol. The Hall–Kier alpha value is -3.05. The summed E-state index contributed by atoms with van der Waals surface area (Å²) in [6.07, 6.45) is 2.42. The van der Waals surface area contributed by atoms with Gasteiger partial charge in [-0.05, 0) is 35.7 Å². The number of furan rings is 1. The molecule has 5 nitrogen and oxygen atoms in total. The molecule has 0 radical (unpaired) electrons. The number of hydrogen-bond donors (Lipinski definition) is 1. The molecule has 0 saturated carbocycles. The second-order valence-electron chi connectivity index (χ2n) is 8.22. The molecule has 0 bridgehead atoms. The Morgan fingerprint density at radius 1 is 1.00 bits per heavy atom. The topological polar surface area (TPSA) is 48.7 Å². The number of nitrogens with one attached hydrogen (secondary N) is 1. The van der Waals surface area contributed by atoms with Gasteiger partial charge in [0.05, 0.1) is 24.8 Å². The molecule has 0 spiro atoms. The van der Waals surface area contributed by atoms with Crippen molar-refractivity contribution in [1.82, 2.24) is 10.2 Å². The quantitative estimate of drug-likeness (QED) is 0.711. The smallest absolute Gasteiger partial charge is 0.225 e. The minimum atomic E-state index is -0.0755. The van der Waals surface area contributed by atoms with Crippen LogP contribution in [0.3, 0.4) is 0 Å². The number of hydrogen-bond acceptors (Lipinski definition) is 4. The summed E-state index contributed by atoms with van der Waals surface area (Å²) in [6.45, 7) is 4.19. The molecule has 2 aliphatic rings. The van der Waals surface area contributed by atoms with Gasteiger partial charge in [0.2, 0.25) is 5.91 Å². The third-order valence-corrected chi connectivity index (χ3v) is 6.31. The molecule has 1 fully saturated rings. The van der Waals surface area contributed by atoms with Gasteiger partial charge in [0.15, 0.2) is 0 Å². The maximum Gasteiger partial charge on any atom is 0.225 e. The normalized spacial score (nSPS) is 21.0. The molecule has 5 rings (SSSR count). The lowest BCUT2D eigenvalue weighted by Gasteiger charge is -2.49. The van der Waals surface area contributed by atoms with E-state index in [4.69, 9.17) is 4.42 Å². The van der Waals surface area contributed by atoms with Gasteiger partial charge in [0.1, 0.15) is 5.76 Å². The summed E-state index contributed by atoms with van der Waals surface area (Å²) in [5, 5.41) is 3.11. The van der Waals surface area contributed by atoms with Crippen molar-refractivity contribution in [3.63, 3.8) is 0 Å². The summed E-state index contributed by atoms with van der Waals surface area (Å²) in [5.41, 5.74) is 3.88. The van der Waals surface area contributed by atoms with Crippen LogP contribution in [0.1, 0.15) is 16.9 Å². The fourth-order valence-corrected chi connectivity index (χ4v) is 4.82. The summed E-state index contributed by atoms with van der Waals surface area (Å²) < 4.78 is 5.38. The summed E-state index contributed by atoms with van der Waals surface area (Å²) in [4.78, 5) is 18.2. The Balaban J connectivity index is 1.36. The average molecular weight is 402 g/mol. The van der Waals surface area contributed by atoms with E-state index in [-0.39, 0.29) is 17.9 Å². The third-order valence-electron chi connectivity index (χ3n) is 6.31. The van der Waals surface area contributed by atoms with Crippen LogP contribution in [0, 0.1) is 5.92 Å². The Bertz CT molecular complexity index is 987. The molecule has 3 aromatic rings. The molecule has 1 saturated heterocycles. The molecule has 1 amide bonds. The van der Waals surface area contributed by atoms with Crippen molar-refractivity contribution in [1.29, 1.82) is 0 Å². The molecule has 1 N–H and O–H groups in total. The summed E-state index contributed by atoms with van der Waals surface area (Å²) in [5.74, 6) is 0.816. The van der Waals surface area contributed by atoms with Gasteiger partial charge in [-0.15, -0.1) is 0 Å². The van der Waals surface area contributed by atoms with Crippen LogP contribution >= 0.6 is 0 Å². The lowest BCUT2D eigenvalue weighted by Crippen LogP contribution is -2.60. The number of anilines is 1. The molecule has 0 aliphatic carbocycles. The number of piperazine rings is 1. The lowest BCUT2D eigenvalue weighted by atomic mass is 9.83. The van der Waals surface area contributed by atoms with E-state index in [2.05, 4.69) is 69.7 Å². The first kappa shape index (κ1) is 18.9. The molecule has 0 unspecified atom stereocenters. The van der Waals surface area contributed by atoms with E-state index >= 15 is 0 Å². The van der Waals surface area contributed by atoms with Crippen LogP contribution in [-0.4, -0.2) is 36.5 Å². The van der Waals surface area contributed by atoms with Gasteiger partial charge in [0.25, 0.3) is 0 Å².